The Hall–Kier alpha value is -0.720. The number of hydrogen-bond donors (Lipinski definition) is 0. The predicted octanol–water partition coefficient (Wildman–Crippen LogP) is 3.98. The summed E-state index contributed by atoms with van der Waals surface area (Å²) in [6, 6.07) is 0. The summed E-state index contributed by atoms with van der Waals surface area (Å²) >= 11 is 0. The lowest BCUT2D eigenvalue weighted by Gasteiger charge is -2.25. The van der Waals surface area contributed by atoms with E-state index >= 15 is 0 Å². The number of nitrogens with zero attached hydrogens (tertiary/aromatic N) is 1. The van der Waals surface area contributed by atoms with Crippen molar-refractivity contribution in [2.24, 2.45) is 0 Å². The first-order valence-electron chi connectivity index (χ1n) is 5.83. The molecule has 0 spiro atoms. The van der Waals surface area contributed by atoms with Crippen molar-refractivity contribution in [3.8, 4) is 0 Å². The van der Waals surface area contributed by atoms with Gasteiger partial charge in [-0.2, -0.15) is 0 Å². The van der Waals surface area contributed by atoms with Gasteiger partial charge in [0.25, 0.3) is 0 Å². The molecule has 1 heteroatoms. The maximum Gasteiger partial charge on any atom is 0.0316 e. The highest BCUT2D eigenvalue weighted by Gasteiger charge is 2.03. The molecule has 0 aromatic carbocycles. The summed E-state index contributed by atoms with van der Waals surface area (Å²) in [4.78, 5) is 2.44. The molecule has 14 heavy (non-hydrogen) atoms. The van der Waals surface area contributed by atoms with Gasteiger partial charge in [-0.15, -0.1) is 0 Å². The molecule has 0 aliphatic rings. The highest BCUT2D eigenvalue weighted by atomic mass is 15.1. The lowest BCUT2D eigenvalue weighted by Crippen LogP contribution is -2.24. The third-order valence-corrected chi connectivity index (χ3v) is 2.43. The minimum absolute atomic E-state index is 1.17. The van der Waals surface area contributed by atoms with E-state index in [0.29, 0.717) is 0 Å². The van der Waals surface area contributed by atoms with Crippen LogP contribution in [0, 0.1) is 0 Å². The molecule has 0 heterocycles. The van der Waals surface area contributed by atoms with E-state index in [0.717, 1.165) is 0 Å². The van der Waals surface area contributed by atoms with Gasteiger partial charge in [0.2, 0.25) is 0 Å². The van der Waals surface area contributed by atoms with Crippen molar-refractivity contribution in [3.05, 3.63) is 24.4 Å². The molecule has 0 N–H and O–H groups in total. The molecule has 0 aliphatic carbocycles. The highest BCUT2D eigenvalue weighted by molar-refractivity contribution is 5.13. The fraction of sp³-hybridized carbons (Fsp3) is 0.692. The molecule has 0 unspecified atom stereocenters. The molecule has 0 bridgehead atoms. The first-order valence-corrected chi connectivity index (χ1v) is 5.83. The van der Waals surface area contributed by atoms with Crippen LogP contribution in [-0.2, 0) is 0 Å². The average molecular weight is 195 g/mol. The van der Waals surface area contributed by atoms with Crippen LogP contribution < -0.4 is 0 Å². The lowest BCUT2D eigenvalue weighted by atomic mass is 10.2. The van der Waals surface area contributed by atoms with Crippen LogP contribution in [0.15, 0.2) is 24.4 Å². The Kier molecular flexibility index (Phi) is 8.40. The molecule has 0 amide bonds. The molecule has 0 radical (unpaired) electrons. The van der Waals surface area contributed by atoms with E-state index in [4.69, 9.17) is 0 Å². The van der Waals surface area contributed by atoms with Gasteiger partial charge in [-0.3, -0.25) is 0 Å². The van der Waals surface area contributed by atoms with Crippen molar-refractivity contribution in [1.29, 1.82) is 0 Å². The molecule has 0 fully saturated rings. The Morgan fingerprint density at radius 3 is 1.93 bits per heavy atom. The van der Waals surface area contributed by atoms with E-state index in [1.165, 1.54) is 44.5 Å². The van der Waals surface area contributed by atoms with Gasteiger partial charge in [0.1, 0.15) is 0 Å². The second-order valence-corrected chi connectivity index (χ2v) is 3.61. The average Bonchev–Trinajstić information content (AvgIpc) is 2.22. The Bertz CT molecular complexity index is 162. The fourth-order valence-corrected chi connectivity index (χ4v) is 1.50. The highest BCUT2D eigenvalue weighted by Crippen LogP contribution is 2.09. The summed E-state index contributed by atoms with van der Waals surface area (Å²) in [5.74, 6) is 0. The van der Waals surface area contributed by atoms with Crippen LogP contribution in [0.2, 0.25) is 0 Å². The molecule has 0 rings (SSSR count). The monoisotopic (exact) mass is 195 g/mol. The van der Waals surface area contributed by atoms with Gasteiger partial charge in [0, 0.05) is 18.8 Å². The standard InChI is InChI=1S/C13H25N/c1-5-9-11-14(12-10-6-2)13(7-3)8-4/h7-8H,3,5-6,9-12H2,1-2,4H3. The quantitative estimate of drug-likeness (QED) is 0.530. The molecular weight excluding hydrogens is 170 g/mol. The molecule has 1 nitrogen and oxygen atoms in total. The van der Waals surface area contributed by atoms with Gasteiger partial charge in [-0.25, -0.2) is 0 Å². The van der Waals surface area contributed by atoms with E-state index in [-0.39, 0.29) is 0 Å². The van der Waals surface area contributed by atoms with Gasteiger partial charge in [-0.05, 0) is 25.8 Å². The predicted molar refractivity (Wildman–Crippen MR) is 65.3 cm³/mol. The SMILES string of the molecule is C=CC(=CC)N(CCCC)CCCC. The van der Waals surface area contributed by atoms with Crippen LogP contribution in [0.4, 0.5) is 0 Å². The molecule has 0 aromatic heterocycles. The van der Waals surface area contributed by atoms with E-state index in [9.17, 15) is 0 Å². The van der Waals surface area contributed by atoms with Crippen LogP contribution in [0.3, 0.4) is 0 Å². The van der Waals surface area contributed by atoms with Crippen LogP contribution in [0.1, 0.15) is 46.5 Å². The van der Waals surface area contributed by atoms with Crippen molar-refractivity contribution >= 4 is 0 Å². The largest absolute Gasteiger partial charge is 0.372 e. The first-order chi connectivity index (χ1) is 6.79. The number of hydrogen-bond acceptors (Lipinski definition) is 1. The topological polar surface area (TPSA) is 3.24 Å². The third kappa shape index (κ3) is 5.11. The van der Waals surface area contributed by atoms with Gasteiger partial charge < -0.3 is 4.90 Å². The summed E-state index contributed by atoms with van der Waals surface area (Å²) in [6.07, 6.45) is 9.18. The number of allylic oxidation sites excluding steroid dienone is 2. The first kappa shape index (κ1) is 13.3. The third-order valence-electron chi connectivity index (χ3n) is 2.43. The van der Waals surface area contributed by atoms with E-state index in [1.54, 1.807) is 0 Å². The van der Waals surface area contributed by atoms with E-state index in [2.05, 4.69) is 38.3 Å². The van der Waals surface area contributed by atoms with Gasteiger partial charge in [-0.1, -0.05) is 39.3 Å². The Morgan fingerprint density at radius 2 is 1.64 bits per heavy atom. The van der Waals surface area contributed by atoms with Crippen molar-refractivity contribution in [2.45, 2.75) is 46.5 Å². The number of rotatable bonds is 8. The molecule has 0 aromatic rings. The zero-order chi connectivity index (χ0) is 10.8. The minimum atomic E-state index is 1.17. The number of unbranched alkanes of at least 4 members (excludes halogenated alkanes) is 2. The van der Waals surface area contributed by atoms with Gasteiger partial charge >= 0.3 is 0 Å². The zero-order valence-corrected chi connectivity index (χ0v) is 10.1. The van der Waals surface area contributed by atoms with Crippen molar-refractivity contribution in [1.82, 2.24) is 4.90 Å². The fourth-order valence-electron chi connectivity index (χ4n) is 1.50. The zero-order valence-electron chi connectivity index (χ0n) is 10.1. The molecule has 82 valence electrons. The van der Waals surface area contributed by atoms with Crippen molar-refractivity contribution < 1.29 is 0 Å². The van der Waals surface area contributed by atoms with Crippen LogP contribution in [-0.4, -0.2) is 18.0 Å². The normalized spacial score (nSPS) is 11.5. The molecule has 0 saturated carbocycles. The maximum atomic E-state index is 3.86. The summed E-state index contributed by atoms with van der Waals surface area (Å²) < 4.78 is 0. The van der Waals surface area contributed by atoms with E-state index in [1.807, 2.05) is 6.08 Å². The Balaban J connectivity index is 4.13. The van der Waals surface area contributed by atoms with Gasteiger partial charge in [0.05, 0.1) is 0 Å². The maximum absolute atomic E-state index is 3.86. The molecule has 0 saturated heterocycles. The second-order valence-electron chi connectivity index (χ2n) is 3.61. The lowest BCUT2D eigenvalue weighted by molar-refractivity contribution is 0.340. The minimum Gasteiger partial charge on any atom is -0.372 e. The van der Waals surface area contributed by atoms with E-state index < -0.39 is 0 Å². The van der Waals surface area contributed by atoms with Crippen molar-refractivity contribution in [2.75, 3.05) is 13.1 Å². The molecular formula is C13H25N. The molecule has 0 aliphatic heterocycles. The van der Waals surface area contributed by atoms with Crippen LogP contribution in [0.5, 0.6) is 0 Å². The van der Waals surface area contributed by atoms with Gasteiger partial charge in [0.15, 0.2) is 0 Å². The second kappa shape index (κ2) is 8.86. The summed E-state index contributed by atoms with van der Waals surface area (Å²) in [5, 5.41) is 0. The Labute approximate surface area is 89.5 Å². The molecule has 0 atom stereocenters. The van der Waals surface area contributed by atoms with Crippen molar-refractivity contribution in [3.63, 3.8) is 0 Å². The Morgan fingerprint density at radius 1 is 1.14 bits per heavy atom. The summed E-state index contributed by atoms with van der Waals surface area (Å²) in [6.45, 7) is 12.8. The smallest absolute Gasteiger partial charge is 0.0316 e. The summed E-state index contributed by atoms with van der Waals surface area (Å²) in [5.41, 5.74) is 1.28. The van der Waals surface area contributed by atoms with Crippen LogP contribution in [0.25, 0.3) is 0 Å². The van der Waals surface area contributed by atoms with Crippen LogP contribution >= 0.6 is 0 Å². The summed E-state index contributed by atoms with van der Waals surface area (Å²) in [7, 11) is 0.